The summed E-state index contributed by atoms with van der Waals surface area (Å²) in [4.78, 5) is 17.9. The van der Waals surface area contributed by atoms with E-state index >= 15 is 0 Å². The molecular weight excluding hydrogens is 633 g/mol. The van der Waals surface area contributed by atoms with E-state index < -0.39 is 6.29 Å². The van der Waals surface area contributed by atoms with Crippen LogP contribution in [0.5, 0.6) is 0 Å². The second-order valence-corrected chi connectivity index (χ2v) is 12.9. The van der Waals surface area contributed by atoms with Gasteiger partial charge in [-0.25, -0.2) is 4.98 Å². The van der Waals surface area contributed by atoms with E-state index in [1.54, 1.807) is 12.1 Å². The van der Waals surface area contributed by atoms with Crippen molar-refractivity contribution in [1.82, 2.24) is 4.98 Å². The highest BCUT2D eigenvalue weighted by molar-refractivity contribution is 7.99. The Bertz CT molecular complexity index is 1930. The normalized spacial score (nSPS) is 19.0. The predicted molar refractivity (Wildman–Crippen MR) is 192 cm³/mol. The minimum atomic E-state index is -0.692. The first-order valence-electron chi connectivity index (χ1n) is 16.3. The van der Waals surface area contributed by atoms with E-state index in [0.717, 1.165) is 39.3 Å². The summed E-state index contributed by atoms with van der Waals surface area (Å²) in [5.74, 6) is 1.08. The van der Waals surface area contributed by atoms with E-state index in [0.29, 0.717) is 22.2 Å². The average Bonchev–Trinajstić information content (AvgIpc) is 3.60. The monoisotopic (exact) mass is 668 g/mol. The fraction of sp³-hybridized carbons (Fsp3) is 0.171. The van der Waals surface area contributed by atoms with Crippen LogP contribution in [0.2, 0.25) is 0 Å². The van der Waals surface area contributed by atoms with Crippen molar-refractivity contribution in [3.63, 3.8) is 0 Å². The van der Waals surface area contributed by atoms with Crippen LogP contribution in [0.1, 0.15) is 46.4 Å². The van der Waals surface area contributed by atoms with Gasteiger partial charge in [-0.1, -0.05) is 134 Å². The number of benzene rings is 5. The fourth-order valence-electron chi connectivity index (χ4n) is 5.96. The molecule has 1 aliphatic heterocycles. The summed E-state index contributed by atoms with van der Waals surface area (Å²) in [5, 5.41) is 13.2. The summed E-state index contributed by atoms with van der Waals surface area (Å²) in [6, 6.07) is 44.6. The van der Waals surface area contributed by atoms with Gasteiger partial charge < -0.3 is 24.3 Å². The lowest BCUT2D eigenvalue weighted by molar-refractivity contribution is -0.268. The smallest absolute Gasteiger partial charge is 0.256 e. The largest absolute Gasteiger partial charge is 0.431 e. The molecular formula is C41H36N2O5S. The van der Waals surface area contributed by atoms with E-state index in [9.17, 15) is 9.90 Å². The minimum absolute atomic E-state index is 0.0261. The Balaban J connectivity index is 1.16. The van der Waals surface area contributed by atoms with Crippen molar-refractivity contribution in [2.45, 2.75) is 37.3 Å². The Morgan fingerprint density at radius 1 is 0.776 bits per heavy atom. The van der Waals surface area contributed by atoms with Gasteiger partial charge >= 0.3 is 0 Å². The number of aromatic nitrogens is 1. The number of anilines is 1. The summed E-state index contributed by atoms with van der Waals surface area (Å²) < 4.78 is 19.8. The zero-order valence-corrected chi connectivity index (χ0v) is 27.8. The van der Waals surface area contributed by atoms with Crippen LogP contribution in [0.25, 0.3) is 22.6 Å². The zero-order valence-electron chi connectivity index (χ0n) is 26.9. The first-order valence-corrected chi connectivity index (χ1v) is 17.3. The number of aliphatic hydroxyl groups is 1. The molecule has 0 aliphatic carbocycles. The molecule has 0 saturated carbocycles. The van der Waals surface area contributed by atoms with Crippen molar-refractivity contribution in [1.29, 1.82) is 0 Å². The molecule has 2 heterocycles. The molecule has 1 saturated heterocycles. The van der Waals surface area contributed by atoms with E-state index in [1.165, 1.54) is 11.8 Å². The second-order valence-electron chi connectivity index (χ2n) is 12.0. The number of nitrogens with zero attached hydrogens (tertiary/aromatic N) is 1. The molecule has 1 fully saturated rings. The van der Waals surface area contributed by atoms with Gasteiger partial charge in [0.15, 0.2) is 12.1 Å². The Morgan fingerprint density at radius 3 is 2.14 bits per heavy atom. The molecule has 6 aromatic rings. The Morgan fingerprint density at radius 2 is 1.45 bits per heavy atom. The quantitative estimate of drug-likeness (QED) is 0.141. The molecule has 0 bridgehead atoms. The number of carbonyl (C=O) groups excluding carboxylic acids is 1. The van der Waals surface area contributed by atoms with Gasteiger partial charge in [0.2, 0.25) is 0 Å². The number of hydrogen-bond acceptors (Lipinski definition) is 7. The van der Waals surface area contributed by atoms with Gasteiger partial charge in [0.25, 0.3) is 11.1 Å². The average molecular weight is 669 g/mol. The first kappa shape index (κ1) is 32.6. The maximum atomic E-state index is 12.9. The van der Waals surface area contributed by atoms with E-state index in [4.69, 9.17) is 18.9 Å². The van der Waals surface area contributed by atoms with Gasteiger partial charge in [-0.15, -0.1) is 0 Å². The molecule has 1 aromatic heterocycles. The number of aliphatic hydroxyl groups excluding tert-OH is 1. The lowest BCUT2D eigenvalue weighted by Gasteiger charge is -2.41. The number of amides is 1. The third kappa shape index (κ3) is 7.53. The minimum Gasteiger partial charge on any atom is -0.431 e. The van der Waals surface area contributed by atoms with Crippen LogP contribution in [0.4, 0.5) is 5.69 Å². The molecule has 0 spiro atoms. The van der Waals surface area contributed by atoms with Crippen LogP contribution < -0.4 is 5.32 Å². The molecule has 2 N–H and O–H groups in total. The van der Waals surface area contributed by atoms with Crippen LogP contribution in [0.3, 0.4) is 0 Å². The Hall–Kier alpha value is -4.99. The Kier molecular flexibility index (Phi) is 10.0. The van der Waals surface area contributed by atoms with Crippen molar-refractivity contribution >= 4 is 23.4 Å². The number of nitrogens with one attached hydrogen (secondary N) is 1. The predicted octanol–water partition coefficient (Wildman–Crippen LogP) is 9.34. The van der Waals surface area contributed by atoms with Gasteiger partial charge in [0.05, 0.1) is 18.8 Å². The highest BCUT2D eigenvalue weighted by Gasteiger charge is 2.39. The second kappa shape index (κ2) is 15.1. The standard InChI is InChI=1S/C41H36N2O5S/c1-27-35(26-49-41-43-36(29-12-5-2-6-13-29)38(48-41)30-14-7-3-8-15-30)46-40(47-37(27)31-22-20-28(25-44)21-23-31)33-18-11-19-34(24-33)42-39(45)32-16-9-4-10-17-32/h2-24,27,35,37,40,44H,25-26H2,1H3,(H,42,45)/t27-,35+,37+,40+/m0/s1. The fourth-order valence-corrected chi connectivity index (χ4v) is 6.95. The summed E-state index contributed by atoms with van der Waals surface area (Å²) in [6.07, 6.45) is -1.22. The van der Waals surface area contributed by atoms with Crippen molar-refractivity contribution in [3.8, 4) is 22.6 Å². The summed E-state index contributed by atoms with van der Waals surface area (Å²) in [7, 11) is 0. The van der Waals surface area contributed by atoms with Crippen LogP contribution in [-0.4, -0.2) is 27.9 Å². The molecule has 5 aromatic carbocycles. The van der Waals surface area contributed by atoms with Crippen LogP contribution in [0.15, 0.2) is 149 Å². The van der Waals surface area contributed by atoms with Crippen molar-refractivity contribution in [2.24, 2.45) is 5.92 Å². The van der Waals surface area contributed by atoms with Crippen LogP contribution in [0, 0.1) is 5.92 Å². The zero-order chi connectivity index (χ0) is 33.6. The first-order chi connectivity index (χ1) is 24.1. The van der Waals surface area contributed by atoms with Crippen molar-refractivity contribution < 1.29 is 23.8 Å². The molecule has 7 nitrogen and oxygen atoms in total. The highest BCUT2D eigenvalue weighted by Crippen LogP contribution is 2.44. The number of hydrogen-bond donors (Lipinski definition) is 2. The van der Waals surface area contributed by atoms with Gasteiger partial charge in [-0.2, -0.15) is 0 Å². The molecule has 0 radical (unpaired) electrons. The van der Waals surface area contributed by atoms with Crippen LogP contribution in [-0.2, 0) is 16.1 Å². The summed E-state index contributed by atoms with van der Waals surface area (Å²) >= 11 is 1.52. The lowest BCUT2D eigenvalue weighted by atomic mass is 9.91. The Labute approximate surface area is 290 Å². The van der Waals surface area contributed by atoms with Gasteiger partial charge in [-0.3, -0.25) is 4.79 Å². The molecule has 49 heavy (non-hydrogen) atoms. The lowest BCUT2D eigenvalue weighted by Crippen LogP contribution is -2.38. The molecule has 0 unspecified atom stereocenters. The third-order valence-corrected chi connectivity index (χ3v) is 9.55. The van der Waals surface area contributed by atoms with E-state index in [-0.39, 0.29) is 30.6 Å². The molecule has 7 rings (SSSR count). The van der Waals surface area contributed by atoms with Gasteiger partial charge in [0, 0.05) is 39.6 Å². The maximum Gasteiger partial charge on any atom is 0.256 e. The van der Waals surface area contributed by atoms with Gasteiger partial charge in [-0.05, 0) is 35.4 Å². The third-order valence-electron chi connectivity index (χ3n) is 8.64. The molecule has 246 valence electrons. The highest BCUT2D eigenvalue weighted by atomic mass is 32.2. The van der Waals surface area contributed by atoms with E-state index in [2.05, 4.69) is 12.2 Å². The summed E-state index contributed by atoms with van der Waals surface area (Å²) in [5.41, 5.74) is 6.58. The van der Waals surface area contributed by atoms with E-state index in [1.807, 2.05) is 127 Å². The maximum absolute atomic E-state index is 12.9. The van der Waals surface area contributed by atoms with Crippen LogP contribution >= 0.6 is 11.8 Å². The van der Waals surface area contributed by atoms with Crippen molar-refractivity contribution in [3.05, 3.63) is 162 Å². The number of oxazole rings is 1. The van der Waals surface area contributed by atoms with Crippen molar-refractivity contribution in [2.75, 3.05) is 11.1 Å². The number of carbonyl (C=O) groups is 1. The summed E-state index contributed by atoms with van der Waals surface area (Å²) in [6.45, 7) is 2.10. The number of thioether (sulfide) groups is 1. The molecule has 1 amide bonds. The molecule has 8 heteroatoms. The number of ether oxygens (including phenoxy) is 2. The number of rotatable bonds is 10. The van der Waals surface area contributed by atoms with Gasteiger partial charge in [0.1, 0.15) is 5.69 Å². The topological polar surface area (TPSA) is 93.8 Å². The molecule has 1 aliphatic rings. The molecule has 4 atom stereocenters. The SMILES string of the molecule is C[C@H]1[C@@H](CSc2nc(-c3ccccc3)c(-c3ccccc3)o2)O[C@@H](c2cccc(NC(=O)c3ccccc3)c2)O[C@H]1c1ccc(CO)cc1.